The van der Waals surface area contributed by atoms with Crippen LogP contribution in [0.2, 0.25) is 5.04 Å². The molecule has 0 atom stereocenters. The Hall–Kier alpha value is -1.42. The van der Waals surface area contributed by atoms with E-state index in [-0.39, 0.29) is 5.04 Å². The van der Waals surface area contributed by atoms with Gasteiger partial charge in [-0.05, 0) is 34.8 Å². The van der Waals surface area contributed by atoms with E-state index >= 15 is 0 Å². The number of nitrogens with two attached hydrogens (primary N) is 1. The van der Waals surface area contributed by atoms with Gasteiger partial charge < -0.3 is 10.2 Å². The zero-order chi connectivity index (χ0) is 20.2. The van der Waals surface area contributed by atoms with Crippen LogP contribution in [0.4, 0.5) is 0 Å². The second kappa shape index (κ2) is 12.1. The summed E-state index contributed by atoms with van der Waals surface area (Å²) in [6.07, 6.45) is 4.67. The van der Waals surface area contributed by atoms with E-state index in [1.807, 2.05) is 0 Å². The number of hydrogen-bond donors (Lipinski definition) is 1. The topological polar surface area (TPSA) is 35.2 Å². The molecule has 2 N–H and O–H groups in total. The number of rotatable bonds is 8. The summed E-state index contributed by atoms with van der Waals surface area (Å²) in [7, 11) is -2.29. The first-order valence-corrected chi connectivity index (χ1v) is 12.3. The van der Waals surface area contributed by atoms with Crippen LogP contribution >= 0.6 is 0 Å². The van der Waals surface area contributed by atoms with Crippen molar-refractivity contribution in [1.29, 1.82) is 0 Å². The zero-order valence-corrected chi connectivity index (χ0v) is 19.0. The second-order valence-electron chi connectivity index (χ2n) is 8.01. The van der Waals surface area contributed by atoms with Crippen LogP contribution in [-0.4, -0.2) is 21.5 Å². The third kappa shape index (κ3) is 6.60. The Kier molecular flexibility index (Phi) is 10.6. The first-order chi connectivity index (χ1) is 12.9. The molecule has 0 saturated carbocycles. The fourth-order valence-electron chi connectivity index (χ4n) is 3.34. The highest BCUT2D eigenvalue weighted by Gasteiger charge is 2.49. The molecule has 0 aromatic heterocycles. The molecule has 27 heavy (non-hydrogen) atoms. The molecule has 0 heterocycles. The summed E-state index contributed by atoms with van der Waals surface area (Å²) in [6.45, 7) is 13.0. The van der Waals surface area contributed by atoms with Crippen molar-refractivity contribution < 1.29 is 4.43 Å². The molecule has 0 bridgehead atoms. The van der Waals surface area contributed by atoms with Crippen molar-refractivity contribution in [2.75, 3.05) is 13.2 Å². The first kappa shape index (κ1) is 23.6. The van der Waals surface area contributed by atoms with Crippen LogP contribution in [0.3, 0.4) is 0 Å². The highest BCUT2D eigenvalue weighted by atomic mass is 28.4. The van der Waals surface area contributed by atoms with Gasteiger partial charge in [0.15, 0.2) is 0 Å². The average molecular weight is 386 g/mol. The largest absolute Gasteiger partial charge is 0.407 e. The van der Waals surface area contributed by atoms with Gasteiger partial charge in [0.05, 0.1) is 0 Å². The molecule has 0 saturated heterocycles. The fraction of sp³-hybridized carbons (Fsp3) is 0.500. The van der Waals surface area contributed by atoms with Gasteiger partial charge in [0.1, 0.15) is 0 Å². The fourth-order valence-corrected chi connectivity index (χ4v) is 7.94. The predicted octanol–water partition coefficient (Wildman–Crippen LogP) is 5.11. The minimum absolute atomic E-state index is 0.0868. The average Bonchev–Trinajstić information content (AvgIpc) is 2.67. The molecule has 2 rings (SSSR count). The van der Waals surface area contributed by atoms with Gasteiger partial charge >= 0.3 is 0 Å². The molecule has 2 nitrogen and oxygen atoms in total. The monoisotopic (exact) mass is 385 g/mol. The second-order valence-corrected chi connectivity index (χ2v) is 12.3. The van der Waals surface area contributed by atoms with Gasteiger partial charge in [0.2, 0.25) is 0 Å². The Labute approximate surface area is 168 Å². The van der Waals surface area contributed by atoms with E-state index in [9.17, 15) is 0 Å². The number of benzene rings is 2. The molecule has 2 aromatic carbocycles. The summed E-state index contributed by atoms with van der Waals surface area (Å²) < 4.78 is 6.75. The van der Waals surface area contributed by atoms with E-state index in [0.717, 1.165) is 26.0 Å². The summed E-state index contributed by atoms with van der Waals surface area (Å²) >= 11 is 0. The first-order valence-electron chi connectivity index (χ1n) is 10.4. The molecular formula is C24H39NOSi. The van der Waals surface area contributed by atoms with E-state index in [4.69, 9.17) is 10.2 Å². The van der Waals surface area contributed by atoms with E-state index in [1.54, 1.807) is 0 Å². The molecule has 0 amide bonds. The maximum Gasteiger partial charge on any atom is 0.261 e. The van der Waals surface area contributed by atoms with Crippen molar-refractivity contribution in [3.8, 4) is 0 Å². The van der Waals surface area contributed by atoms with Crippen LogP contribution < -0.4 is 16.1 Å². The molecule has 3 heteroatoms. The van der Waals surface area contributed by atoms with Gasteiger partial charge in [-0.3, -0.25) is 0 Å². The quantitative estimate of drug-likeness (QED) is 0.506. The van der Waals surface area contributed by atoms with Crippen molar-refractivity contribution >= 4 is 18.7 Å². The van der Waals surface area contributed by atoms with Crippen molar-refractivity contribution in [2.24, 2.45) is 5.73 Å². The van der Waals surface area contributed by atoms with Gasteiger partial charge in [-0.1, -0.05) is 108 Å². The third-order valence-electron chi connectivity index (χ3n) is 4.79. The molecular weight excluding hydrogens is 346 g/mol. The van der Waals surface area contributed by atoms with Crippen LogP contribution in [0.1, 0.15) is 60.3 Å². The SMILES string of the molecule is CCCCN.CCCCO[Si](c1ccccc1)(c1ccccc1)C(C)(C)C. The van der Waals surface area contributed by atoms with Gasteiger partial charge in [-0.2, -0.15) is 0 Å². The third-order valence-corrected chi connectivity index (χ3v) is 9.83. The van der Waals surface area contributed by atoms with Crippen molar-refractivity contribution in [2.45, 2.75) is 65.3 Å². The van der Waals surface area contributed by atoms with E-state index < -0.39 is 8.32 Å². The lowest BCUT2D eigenvalue weighted by Gasteiger charge is -2.43. The molecule has 0 fully saturated rings. The molecule has 0 aliphatic rings. The molecule has 0 aliphatic carbocycles. The van der Waals surface area contributed by atoms with Gasteiger partial charge in [-0.25, -0.2) is 0 Å². The minimum Gasteiger partial charge on any atom is -0.407 e. The summed E-state index contributed by atoms with van der Waals surface area (Å²) in [5.41, 5.74) is 5.14. The number of hydrogen-bond acceptors (Lipinski definition) is 2. The molecule has 2 aromatic rings. The van der Waals surface area contributed by atoms with Crippen LogP contribution in [0.15, 0.2) is 60.7 Å². The lowest BCUT2D eigenvalue weighted by molar-refractivity contribution is 0.290. The Bertz CT molecular complexity index is 566. The molecule has 0 radical (unpaired) electrons. The van der Waals surface area contributed by atoms with E-state index in [1.165, 1.54) is 23.2 Å². The maximum absolute atomic E-state index is 6.75. The lowest BCUT2D eigenvalue weighted by Crippen LogP contribution is -2.66. The minimum atomic E-state index is -2.29. The predicted molar refractivity (Wildman–Crippen MR) is 122 cm³/mol. The molecule has 150 valence electrons. The Morgan fingerprint density at radius 2 is 1.22 bits per heavy atom. The number of unbranched alkanes of at least 4 members (excludes halogenated alkanes) is 2. The van der Waals surface area contributed by atoms with Crippen molar-refractivity contribution in [1.82, 2.24) is 0 Å². The molecule has 0 unspecified atom stereocenters. The van der Waals surface area contributed by atoms with Gasteiger partial charge in [0.25, 0.3) is 8.32 Å². The summed E-state index contributed by atoms with van der Waals surface area (Å²) in [5.74, 6) is 0. The van der Waals surface area contributed by atoms with Crippen LogP contribution in [0.5, 0.6) is 0 Å². The van der Waals surface area contributed by atoms with Gasteiger partial charge in [-0.15, -0.1) is 0 Å². The molecule has 0 spiro atoms. The highest BCUT2D eigenvalue weighted by molar-refractivity contribution is 6.99. The smallest absolute Gasteiger partial charge is 0.261 e. The zero-order valence-electron chi connectivity index (χ0n) is 18.0. The van der Waals surface area contributed by atoms with Crippen LogP contribution in [0, 0.1) is 0 Å². The molecule has 0 aliphatic heterocycles. The summed E-state index contributed by atoms with van der Waals surface area (Å²) in [4.78, 5) is 0. The maximum atomic E-state index is 6.75. The Morgan fingerprint density at radius 3 is 1.52 bits per heavy atom. The summed E-state index contributed by atoms with van der Waals surface area (Å²) in [6, 6.07) is 21.7. The van der Waals surface area contributed by atoms with E-state index in [2.05, 4.69) is 95.3 Å². The van der Waals surface area contributed by atoms with E-state index in [0.29, 0.717) is 0 Å². The van der Waals surface area contributed by atoms with Crippen molar-refractivity contribution in [3.05, 3.63) is 60.7 Å². The normalized spacial score (nSPS) is 11.6. The highest BCUT2D eigenvalue weighted by Crippen LogP contribution is 2.36. The van der Waals surface area contributed by atoms with Crippen LogP contribution in [0.25, 0.3) is 0 Å². The Balaban J connectivity index is 0.000000646. The lowest BCUT2D eigenvalue weighted by atomic mass is 10.2. The summed E-state index contributed by atoms with van der Waals surface area (Å²) in [5, 5.41) is 2.82. The van der Waals surface area contributed by atoms with Gasteiger partial charge in [0, 0.05) is 6.61 Å². The Morgan fingerprint density at radius 1 is 0.778 bits per heavy atom. The standard InChI is InChI=1S/C20H28OSi.C4H11N/c1-5-6-17-21-22(20(2,3)4,18-13-9-7-10-14-18)19-15-11-8-12-16-19;1-2-3-4-5/h7-16H,5-6,17H2,1-4H3;2-5H2,1H3. The van der Waals surface area contributed by atoms with Crippen LogP contribution in [-0.2, 0) is 4.43 Å². The van der Waals surface area contributed by atoms with Crippen molar-refractivity contribution in [3.63, 3.8) is 0 Å².